The fraction of sp³-hybridized carbons (Fsp3) is 0.500. The first-order valence-corrected chi connectivity index (χ1v) is 4.96. The predicted molar refractivity (Wildman–Crippen MR) is 57.4 cm³/mol. The molecule has 0 saturated carbocycles. The number of benzene rings is 1. The van der Waals surface area contributed by atoms with E-state index in [1.165, 1.54) is 19.2 Å². The van der Waals surface area contributed by atoms with Crippen LogP contribution in [0.4, 0.5) is 4.39 Å². The molecule has 1 N–H and O–H groups in total. The third-order valence-corrected chi connectivity index (χ3v) is 2.86. The van der Waals surface area contributed by atoms with Gasteiger partial charge in [-0.1, -0.05) is 19.9 Å². The fourth-order valence-corrected chi connectivity index (χ4v) is 1.31. The molecule has 0 bridgehead atoms. The molecule has 0 amide bonds. The van der Waals surface area contributed by atoms with Gasteiger partial charge in [-0.25, -0.2) is 4.39 Å². The van der Waals surface area contributed by atoms with E-state index in [4.69, 9.17) is 4.74 Å². The third-order valence-electron chi connectivity index (χ3n) is 2.86. The third kappa shape index (κ3) is 2.29. The first-order valence-electron chi connectivity index (χ1n) is 4.96. The molecular weight excluding hydrogens is 195 g/mol. The summed E-state index contributed by atoms with van der Waals surface area (Å²) in [7, 11) is 1.42. The van der Waals surface area contributed by atoms with Crippen LogP contribution in [0.3, 0.4) is 0 Å². The molecule has 0 unspecified atom stereocenters. The van der Waals surface area contributed by atoms with Gasteiger partial charge in [-0.05, 0) is 30.5 Å². The smallest absolute Gasteiger partial charge is 0.165 e. The quantitative estimate of drug-likeness (QED) is 0.834. The molecule has 3 heteroatoms. The summed E-state index contributed by atoms with van der Waals surface area (Å²) in [6, 6.07) is 4.53. The van der Waals surface area contributed by atoms with E-state index in [2.05, 4.69) is 0 Å². The minimum absolute atomic E-state index is 0.0188. The van der Waals surface area contributed by atoms with Gasteiger partial charge in [0.25, 0.3) is 0 Å². The summed E-state index contributed by atoms with van der Waals surface area (Å²) in [5.41, 5.74) is -0.455. The lowest BCUT2D eigenvalue weighted by atomic mass is 9.85. The van der Waals surface area contributed by atoms with Crippen LogP contribution in [0, 0.1) is 11.7 Å². The molecule has 2 nitrogen and oxygen atoms in total. The van der Waals surface area contributed by atoms with Crippen molar-refractivity contribution in [3.8, 4) is 5.75 Å². The van der Waals surface area contributed by atoms with E-state index >= 15 is 0 Å². The molecule has 0 spiro atoms. The first-order chi connectivity index (χ1) is 6.89. The van der Waals surface area contributed by atoms with Gasteiger partial charge < -0.3 is 9.84 Å². The molecule has 0 aromatic heterocycles. The zero-order valence-electron chi connectivity index (χ0n) is 9.54. The van der Waals surface area contributed by atoms with E-state index in [-0.39, 0.29) is 11.7 Å². The van der Waals surface area contributed by atoms with Gasteiger partial charge in [0.1, 0.15) is 0 Å². The molecule has 1 atom stereocenters. The van der Waals surface area contributed by atoms with Crippen LogP contribution < -0.4 is 4.74 Å². The van der Waals surface area contributed by atoms with E-state index in [1.54, 1.807) is 13.0 Å². The Morgan fingerprint density at radius 1 is 1.40 bits per heavy atom. The first kappa shape index (κ1) is 12.0. The Morgan fingerprint density at radius 2 is 2.00 bits per heavy atom. The van der Waals surface area contributed by atoms with E-state index < -0.39 is 11.4 Å². The number of aliphatic hydroxyl groups is 1. The molecule has 0 radical (unpaired) electrons. The van der Waals surface area contributed by atoms with Gasteiger partial charge in [0.2, 0.25) is 0 Å². The van der Waals surface area contributed by atoms with Crippen molar-refractivity contribution in [2.75, 3.05) is 7.11 Å². The summed E-state index contributed by atoms with van der Waals surface area (Å²) >= 11 is 0. The maximum absolute atomic E-state index is 13.4. The van der Waals surface area contributed by atoms with Crippen LogP contribution in [0.2, 0.25) is 0 Å². The van der Waals surface area contributed by atoms with E-state index in [9.17, 15) is 9.50 Å². The van der Waals surface area contributed by atoms with E-state index in [0.717, 1.165) is 0 Å². The molecule has 15 heavy (non-hydrogen) atoms. The monoisotopic (exact) mass is 212 g/mol. The highest BCUT2D eigenvalue weighted by molar-refractivity contribution is 5.32. The minimum Gasteiger partial charge on any atom is -0.494 e. The van der Waals surface area contributed by atoms with Gasteiger partial charge in [0.05, 0.1) is 12.7 Å². The highest BCUT2D eigenvalue weighted by Crippen LogP contribution is 2.31. The largest absolute Gasteiger partial charge is 0.494 e. The highest BCUT2D eigenvalue weighted by atomic mass is 19.1. The van der Waals surface area contributed by atoms with Gasteiger partial charge >= 0.3 is 0 Å². The number of ether oxygens (including phenoxy) is 1. The van der Waals surface area contributed by atoms with Gasteiger partial charge in [-0.3, -0.25) is 0 Å². The lowest BCUT2D eigenvalue weighted by Crippen LogP contribution is -2.28. The number of hydrogen-bond donors (Lipinski definition) is 1. The van der Waals surface area contributed by atoms with Crippen molar-refractivity contribution in [2.24, 2.45) is 5.92 Å². The van der Waals surface area contributed by atoms with Gasteiger partial charge in [0.15, 0.2) is 11.6 Å². The van der Waals surface area contributed by atoms with Crippen molar-refractivity contribution in [2.45, 2.75) is 26.4 Å². The van der Waals surface area contributed by atoms with Crippen molar-refractivity contribution in [3.05, 3.63) is 29.6 Å². The van der Waals surface area contributed by atoms with Crippen LogP contribution in [0.25, 0.3) is 0 Å². The van der Waals surface area contributed by atoms with Crippen LogP contribution >= 0.6 is 0 Å². The van der Waals surface area contributed by atoms with Crippen molar-refractivity contribution < 1.29 is 14.2 Å². The molecular formula is C12H17FO2. The van der Waals surface area contributed by atoms with E-state index in [1.807, 2.05) is 13.8 Å². The SMILES string of the molecule is COc1ccc([C@@](C)(O)C(C)C)cc1F. The molecule has 0 aliphatic carbocycles. The fourth-order valence-electron chi connectivity index (χ4n) is 1.31. The van der Waals surface area contributed by atoms with Crippen molar-refractivity contribution in [1.82, 2.24) is 0 Å². The van der Waals surface area contributed by atoms with Gasteiger partial charge in [-0.2, -0.15) is 0 Å². The van der Waals surface area contributed by atoms with Crippen LogP contribution in [-0.4, -0.2) is 12.2 Å². The predicted octanol–water partition coefficient (Wildman–Crippen LogP) is 2.70. The lowest BCUT2D eigenvalue weighted by molar-refractivity contribution is 0.00872. The standard InChI is InChI=1S/C12H17FO2/c1-8(2)12(3,14)9-5-6-11(15-4)10(13)7-9/h5-8,14H,1-4H3/t12-/m0/s1. The Labute approximate surface area is 89.7 Å². The Morgan fingerprint density at radius 3 is 2.40 bits per heavy atom. The molecule has 1 aromatic rings. The van der Waals surface area contributed by atoms with Crippen LogP contribution in [0.1, 0.15) is 26.3 Å². The second kappa shape index (κ2) is 4.19. The summed E-state index contributed by atoms with van der Waals surface area (Å²) in [4.78, 5) is 0. The summed E-state index contributed by atoms with van der Waals surface area (Å²) in [6.07, 6.45) is 0. The molecule has 1 aromatic carbocycles. The average Bonchev–Trinajstić information content (AvgIpc) is 2.17. The molecule has 1 rings (SSSR count). The van der Waals surface area contributed by atoms with Crippen LogP contribution in [0.15, 0.2) is 18.2 Å². The van der Waals surface area contributed by atoms with E-state index in [0.29, 0.717) is 5.56 Å². The van der Waals surface area contributed by atoms with Gasteiger partial charge in [-0.15, -0.1) is 0 Å². The van der Waals surface area contributed by atoms with Crippen molar-refractivity contribution in [1.29, 1.82) is 0 Å². The lowest BCUT2D eigenvalue weighted by Gasteiger charge is -2.28. The molecule has 0 aliphatic heterocycles. The van der Waals surface area contributed by atoms with Crippen molar-refractivity contribution in [3.63, 3.8) is 0 Å². The Hall–Kier alpha value is -1.09. The second-order valence-electron chi connectivity index (χ2n) is 4.15. The molecule has 0 saturated heterocycles. The molecule has 0 fully saturated rings. The topological polar surface area (TPSA) is 29.5 Å². The zero-order chi connectivity index (χ0) is 11.6. The van der Waals surface area contributed by atoms with Crippen molar-refractivity contribution >= 4 is 0 Å². The van der Waals surface area contributed by atoms with Crippen LogP contribution in [-0.2, 0) is 5.60 Å². The Bertz CT molecular complexity index is 345. The summed E-state index contributed by atoms with van der Waals surface area (Å²) in [6.45, 7) is 5.46. The number of rotatable bonds is 3. The summed E-state index contributed by atoms with van der Waals surface area (Å²) < 4.78 is 18.2. The summed E-state index contributed by atoms with van der Waals surface area (Å²) in [5, 5.41) is 10.1. The molecule has 0 heterocycles. The maximum Gasteiger partial charge on any atom is 0.165 e. The molecule has 0 aliphatic rings. The number of methoxy groups -OCH3 is 1. The normalized spacial score (nSPS) is 15.1. The summed E-state index contributed by atoms with van der Waals surface area (Å²) in [5.74, 6) is -0.237. The molecule has 84 valence electrons. The maximum atomic E-state index is 13.4. The zero-order valence-corrected chi connectivity index (χ0v) is 9.54. The number of hydrogen-bond acceptors (Lipinski definition) is 2. The number of halogens is 1. The minimum atomic E-state index is -1.02. The Balaban J connectivity index is 3.12. The van der Waals surface area contributed by atoms with Gasteiger partial charge in [0, 0.05) is 0 Å². The highest BCUT2D eigenvalue weighted by Gasteiger charge is 2.27. The second-order valence-corrected chi connectivity index (χ2v) is 4.15. The van der Waals surface area contributed by atoms with Crippen LogP contribution in [0.5, 0.6) is 5.75 Å². The average molecular weight is 212 g/mol. The Kier molecular flexibility index (Phi) is 3.35.